The van der Waals surface area contributed by atoms with Crippen molar-refractivity contribution < 1.29 is 4.74 Å². The van der Waals surface area contributed by atoms with Gasteiger partial charge in [0.2, 0.25) is 0 Å². The van der Waals surface area contributed by atoms with E-state index in [1.807, 2.05) is 7.11 Å². The standard InChI is InChI=1S/C30H52O/c1-7-21(2)9-8-10-22(3)23-11-14-27-26-13-12-24-19-25(31-6)15-18-30(24,5)28(26)16-17-29(27,4)20-23/h12,21-23,25-28H,7-11,13-20H2,1-6H3. The van der Waals surface area contributed by atoms with Gasteiger partial charge in [0.05, 0.1) is 6.10 Å². The van der Waals surface area contributed by atoms with E-state index in [4.69, 9.17) is 4.74 Å². The smallest absolute Gasteiger partial charge is 0.0608 e. The Bertz CT molecular complexity index is 636. The molecule has 0 aromatic rings. The molecular formula is C30H52O. The van der Waals surface area contributed by atoms with E-state index < -0.39 is 0 Å². The monoisotopic (exact) mass is 428 g/mol. The molecule has 9 atom stereocenters. The Balaban J connectivity index is 1.40. The lowest BCUT2D eigenvalue weighted by Gasteiger charge is -2.61. The van der Waals surface area contributed by atoms with Crippen LogP contribution in [-0.2, 0) is 4.74 Å². The van der Waals surface area contributed by atoms with Gasteiger partial charge < -0.3 is 4.74 Å². The maximum atomic E-state index is 5.76. The van der Waals surface area contributed by atoms with Crippen molar-refractivity contribution in [2.45, 2.75) is 124 Å². The molecule has 3 saturated carbocycles. The van der Waals surface area contributed by atoms with Crippen LogP contribution < -0.4 is 0 Å². The number of hydrogen-bond acceptors (Lipinski definition) is 1. The fourth-order valence-corrected chi connectivity index (χ4v) is 8.85. The Hall–Kier alpha value is -0.300. The average Bonchev–Trinajstić information content (AvgIpc) is 2.77. The van der Waals surface area contributed by atoms with Crippen LogP contribution in [0.2, 0.25) is 0 Å². The van der Waals surface area contributed by atoms with Crippen molar-refractivity contribution in [3.05, 3.63) is 11.6 Å². The summed E-state index contributed by atoms with van der Waals surface area (Å²) >= 11 is 0. The van der Waals surface area contributed by atoms with Crippen LogP contribution in [0, 0.1) is 46.3 Å². The first-order chi connectivity index (χ1) is 14.8. The molecule has 1 nitrogen and oxygen atoms in total. The molecule has 0 aromatic heterocycles. The molecule has 0 saturated heterocycles. The molecule has 9 unspecified atom stereocenters. The van der Waals surface area contributed by atoms with E-state index in [0.717, 1.165) is 35.5 Å². The molecule has 1 heteroatoms. The fraction of sp³-hybridized carbons (Fsp3) is 0.933. The summed E-state index contributed by atoms with van der Waals surface area (Å²) < 4.78 is 5.76. The zero-order chi connectivity index (χ0) is 22.2. The number of rotatable bonds is 7. The van der Waals surface area contributed by atoms with Crippen molar-refractivity contribution in [2.24, 2.45) is 46.3 Å². The molecule has 0 aromatic carbocycles. The highest BCUT2D eigenvalue weighted by molar-refractivity contribution is 5.25. The Morgan fingerprint density at radius 1 is 1.03 bits per heavy atom. The second-order valence-electron chi connectivity index (χ2n) is 13.0. The van der Waals surface area contributed by atoms with Crippen LogP contribution in [0.15, 0.2) is 11.6 Å². The first-order valence-electron chi connectivity index (χ1n) is 14.0. The van der Waals surface area contributed by atoms with Gasteiger partial charge in [-0.1, -0.05) is 72.0 Å². The molecule has 0 bridgehead atoms. The van der Waals surface area contributed by atoms with Crippen molar-refractivity contribution >= 4 is 0 Å². The largest absolute Gasteiger partial charge is 0.381 e. The number of hydrogen-bond donors (Lipinski definition) is 0. The SMILES string of the molecule is CCC(C)CCCC(C)C1CCC2C3CC=C4CC(OC)CCC4(C)C3CCC2(C)C1. The van der Waals surface area contributed by atoms with E-state index in [0.29, 0.717) is 16.9 Å². The van der Waals surface area contributed by atoms with Gasteiger partial charge in [-0.3, -0.25) is 0 Å². The van der Waals surface area contributed by atoms with Crippen LogP contribution >= 0.6 is 0 Å². The molecule has 31 heavy (non-hydrogen) atoms. The zero-order valence-electron chi connectivity index (χ0n) is 21.7. The minimum atomic E-state index is 0.472. The lowest BCUT2D eigenvalue weighted by Crippen LogP contribution is -2.52. The third kappa shape index (κ3) is 4.56. The van der Waals surface area contributed by atoms with E-state index in [9.17, 15) is 0 Å². The summed E-state index contributed by atoms with van der Waals surface area (Å²) in [6, 6.07) is 0. The van der Waals surface area contributed by atoms with Crippen molar-refractivity contribution in [3.8, 4) is 0 Å². The van der Waals surface area contributed by atoms with Gasteiger partial charge in [0.1, 0.15) is 0 Å². The van der Waals surface area contributed by atoms with Crippen LogP contribution in [0.25, 0.3) is 0 Å². The molecule has 0 spiro atoms. The predicted octanol–water partition coefficient (Wildman–Crippen LogP) is 8.82. The molecule has 0 N–H and O–H groups in total. The molecular weight excluding hydrogens is 376 g/mol. The summed E-state index contributed by atoms with van der Waals surface area (Å²) in [4.78, 5) is 0. The molecule has 3 fully saturated rings. The van der Waals surface area contributed by atoms with Gasteiger partial charge in [-0.15, -0.1) is 0 Å². The minimum Gasteiger partial charge on any atom is -0.381 e. The molecule has 4 aliphatic carbocycles. The molecule has 0 aliphatic heterocycles. The molecule has 4 aliphatic rings. The third-order valence-electron chi connectivity index (χ3n) is 11.3. The van der Waals surface area contributed by atoms with Crippen molar-refractivity contribution in [2.75, 3.05) is 7.11 Å². The summed E-state index contributed by atoms with van der Waals surface area (Å²) in [6.07, 6.45) is 21.6. The van der Waals surface area contributed by atoms with Gasteiger partial charge in [-0.2, -0.15) is 0 Å². The lowest BCUT2D eigenvalue weighted by molar-refractivity contribution is -0.0873. The summed E-state index contributed by atoms with van der Waals surface area (Å²) in [5.74, 6) is 5.70. The topological polar surface area (TPSA) is 9.23 Å². The second-order valence-corrected chi connectivity index (χ2v) is 13.0. The van der Waals surface area contributed by atoms with E-state index in [2.05, 4.69) is 40.7 Å². The maximum absolute atomic E-state index is 5.76. The van der Waals surface area contributed by atoms with Gasteiger partial charge in [-0.05, 0) is 104 Å². The van der Waals surface area contributed by atoms with Crippen molar-refractivity contribution in [3.63, 3.8) is 0 Å². The Labute approximate surface area is 194 Å². The van der Waals surface area contributed by atoms with Crippen LogP contribution in [0.1, 0.15) is 118 Å². The van der Waals surface area contributed by atoms with Gasteiger partial charge >= 0.3 is 0 Å². The summed E-state index contributed by atoms with van der Waals surface area (Å²) in [5, 5.41) is 0. The Morgan fingerprint density at radius 2 is 1.84 bits per heavy atom. The van der Waals surface area contributed by atoms with Gasteiger partial charge in [0, 0.05) is 7.11 Å². The number of methoxy groups -OCH3 is 1. The Morgan fingerprint density at radius 3 is 2.58 bits per heavy atom. The normalized spacial score (nSPS) is 44.5. The highest BCUT2D eigenvalue weighted by atomic mass is 16.5. The molecule has 0 heterocycles. The van der Waals surface area contributed by atoms with E-state index in [1.165, 1.54) is 83.5 Å². The second kappa shape index (κ2) is 9.52. The molecule has 4 rings (SSSR count). The quantitative estimate of drug-likeness (QED) is 0.368. The van der Waals surface area contributed by atoms with Gasteiger partial charge in [-0.25, -0.2) is 0 Å². The lowest BCUT2D eigenvalue weighted by atomic mass is 9.44. The van der Waals surface area contributed by atoms with Crippen LogP contribution in [0.4, 0.5) is 0 Å². The highest BCUT2D eigenvalue weighted by Gasteiger charge is 2.56. The Kier molecular flexibility index (Phi) is 7.32. The first kappa shape index (κ1) is 23.8. The number of allylic oxidation sites excluding steroid dienone is 1. The highest BCUT2D eigenvalue weighted by Crippen LogP contribution is 2.65. The number of fused-ring (bicyclic) bond motifs is 5. The minimum absolute atomic E-state index is 0.472. The average molecular weight is 429 g/mol. The molecule has 178 valence electrons. The van der Waals surface area contributed by atoms with Crippen molar-refractivity contribution in [1.82, 2.24) is 0 Å². The van der Waals surface area contributed by atoms with Crippen LogP contribution in [0.5, 0.6) is 0 Å². The van der Waals surface area contributed by atoms with Gasteiger partial charge in [0.15, 0.2) is 0 Å². The third-order valence-corrected chi connectivity index (χ3v) is 11.3. The van der Waals surface area contributed by atoms with Crippen LogP contribution in [-0.4, -0.2) is 13.2 Å². The van der Waals surface area contributed by atoms with Crippen LogP contribution in [0.3, 0.4) is 0 Å². The molecule has 0 amide bonds. The first-order valence-corrected chi connectivity index (χ1v) is 14.0. The maximum Gasteiger partial charge on any atom is 0.0608 e. The van der Waals surface area contributed by atoms with E-state index >= 15 is 0 Å². The fourth-order valence-electron chi connectivity index (χ4n) is 8.85. The summed E-state index contributed by atoms with van der Waals surface area (Å²) in [5.41, 5.74) is 2.85. The van der Waals surface area contributed by atoms with E-state index in [1.54, 1.807) is 5.57 Å². The predicted molar refractivity (Wildman–Crippen MR) is 133 cm³/mol. The summed E-state index contributed by atoms with van der Waals surface area (Å²) in [6.45, 7) is 12.7. The van der Waals surface area contributed by atoms with Crippen molar-refractivity contribution in [1.29, 1.82) is 0 Å². The molecule has 0 radical (unpaired) electrons. The summed E-state index contributed by atoms with van der Waals surface area (Å²) in [7, 11) is 1.91. The number of ether oxygens (including phenoxy) is 1. The zero-order valence-corrected chi connectivity index (χ0v) is 21.7. The van der Waals surface area contributed by atoms with E-state index in [-0.39, 0.29) is 0 Å². The van der Waals surface area contributed by atoms with Gasteiger partial charge in [0.25, 0.3) is 0 Å².